The fraction of sp³-hybridized carbons (Fsp3) is 0.0667. The monoisotopic (exact) mass is 314 g/mol. The minimum atomic E-state index is -0.946. The van der Waals surface area contributed by atoms with Crippen LogP contribution in [0.3, 0.4) is 0 Å². The standard InChI is InChI=1S/C15H11FN4O3/c16-13-5-4-11(7-14(13)20(22)23)18-9-15(21)19-12-3-1-2-10(6-12)8-17/h1-7,18H,9H2,(H,19,21). The van der Waals surface area contributed by atoms with E-state index in [-0.39, 0.29) is 12.2 Å². The van der Waals surface area contributed by atoms with Gasteiger partial charge in [-0.1, -0.05) is 6.07 Å². The number of anilines is 2. The van der Waals surface area contributed by atoms with Crippen LogP contribution >= 0.6 is 0 Å². The summed E-state index contributed by atoms with van der Waals surface area (Å²) in [6.07, 6.45) is 0. The van der Waals surface area contributed by atoms with Crippen LogP contribution in [0, 0.1) is 27.3 Å². The zero-order valence-corrected chi connectivity index (χ0v) is 11.7. The molecule has 2 rings (SSSR count). The SMILES string of the molecule is N#Cc1cccc(NC(=O)CNc2ccc(F)c([N+](=O)[O-])c2)c1. The number of nitro benzene ring substituents is 1. The fourth-order valence-electron chi connectivity index (χ4n) is 1.82. The molecule has 0 spiro atoms. The molecule has 0 heterocycles. The van der Waals surface area contributed by atoms with Crippen LogP contribution in [0.2, 0.25) is 0 Å². The van der Waals surface area contributed by atoms with E-state index in [9.17, 15) is 19.3 Å². The second-order valence-corrected chi connectivity index (χ2v) is 4.52. The summed E-state index contributed by atoms with van der Waals surface area (Å²) < 4.78 is 13.2. The van der Waals surface area contributed by atoms with Crippen LogP contribution in [0.5, 0.6) is 0 Å². The third-order valence-electron chi connectivity index (χ3n) is 2.87. The zero-order chi connectivity index (χ0) is 16.8. The van der Waals surface area contributed by atoms with Crippen LogP contribution in [0.25, 0.3) is 0 Å². The van der Waals surface area contributed by atoms with Gasteiger partial charge in [-0.3, -0.25) is 14.9 Å². The molecule has 0 aliphatic rings. The predicted octanol–water partition coefficient (Wildman–Crippen LogP) is 2.66. The average Bonchev–Trinajstić information content (AvgIpc) is 2.54. The summed E-state index contributed by atoms with van der Waals surface area (Å²) in [7, 11) is 0. The summed E-state index contributed by atoms with van der Waals surface area (Å²) >= 11 is 0. The number of nitrogens with zero attached hydrogens (tertiary/aromatic N) is 2. The van der Waals surface area contributed by atoms with Crippen molar-refractivity contribution in [1.29, 1.82) is 5.26 Å². The van der Waals surface area contributed by atoms with Gasteiger partial charge in [0.1, 0.15) is 0 Å². The van der Waals surface area contributed by atoms with Gasteiger partial charge in [-0.2, -0.15) is 9.65 Å². The summed E-state index contributed by atoms with van der Waals surface area (Å²) in [5, 5.41) is 24.7. The molecule has 0 saturated heterocycles. The van der Waals surface area contributed by atoms with E-state index in [2.05, 4.69) is 10.6 Å². The second-order valence-electron chi connectivity index (χ2n) is 4.52. The molecule has 1 amide bonds. The van der Waals surface area contributed by atoms with Crippen molar-refractivity contribution in [2.75, 3.05) is 17.2 Å². The highest BCUT2D eigenvalue weighted by Gasteiger charge is 2.14. The number of halogens is 1. The van der Waals surface area contributed by atoms with Gasteiger partial charge in [0.15, 0.2) is 0 Å². The van der Waals surface area contributed by atoms with E-state index < -0.39 is 22.3 Å². The maximum Gasteiger partial charge on any atom is 0.306 e. The number of nitro groups is 1. The first-order valence-corrected chi connectivity index (χ1v) is 6.47. The summed E-state index contributed by atoms with van der Waals surface area (Å²) in [6.45, 7) is -0.167. The summed E-state index contributed by atoms with van der Waals surface area (Å²) in [5.74, 6) is -1.36. The van der Waals surface area contributed by atoms with E-state index in [1.165, 1.54) is 12.1 Å². The van der Waals surface area contributed by atoms with Crippen molar-refractivity contribution in [3.8, 4) is 6.07 Å². The Morgan fingerprint density at radius 3 is 2.74 bits per heavy atom. The number of amides is 1. The smallest absolute Gasteiger partial charge is 0.306 e. The maximum absolute atomic E-state index is 13.2. The van der Waals surface area contributed by atoms with Crippen LogP contribution < -0.4 is 10.6 Å². The minimum Gasteiger partial charge on any atom is -0.376 e. The van der Waals surface area contributed by atoms with Crippen molar-refractivity contribution in [1.82, 2.24) is 0 Å². The van der Waals surface area contributed by atoms with E-state index in [0.717, 1.165) is 12.1 Å². The normalized spacial score (nSPS) is 9.74. The quantitative estimate of drug-likeness (QED) is 0.651. The Hall–Kier alpha value is -3.47. The van der Waals surface area contributed by atoms with Gasteiger partial charge >= 0.3 is 5.69 Å². The Labute approximate surface area is 130 Å². The number of hydrogen-bond donors (Lipinski definition) is 2. The fourth-order valence-corrected chi connectivity index (χ4v) is 1.82. The first kappa shape index (κ1) is 15.9. The Balaban J connectivity index is 1.98. The highest BCUT2D eigenvalue weighted by Crippen LogP contribution is 2.21. The molecule has 0 unspecified atom stereocenters. The number of carbonyl (C=O) groups is 1. The largest absolute Gasteiger partial charge is 0.376 e. The van der Waals surface area contributed by atoms with E-state index >= 15 is 0 Å². The van der Waals surface area contributed by atoms with E-state index in [4.69, 9.17) is 5.26 Å². The Morgan fingerprint density at radius 1 is 1.26 bits per heavy atom. The summed E-state index contributed by atoms with van der Waals surface area (Å²) in [5.41, 5.74) is 0.446. The van der Waals surface area contributed by atoms with Gasteiger partial charge in [0.05, 0.1) is 23.1 Å². The summed E-state index contributed by atoms with van der Waals surface area (Å²) in [4.78, 5) is 21.6. The van der Waals surface area contributed by atoms with Crippen molar-refractivity contribution in [3.05, 3.63) is 64.0 Å². The zero-order valence-electron chi connectivity index (χ0n) is 11.7. The second kappa shape index (κ2) is 7.00. The molecule has 2 aromatic rings. The number of rotatable bonds is 5. The van der Waals surface area contributed by atoms with Crippen molar-refractivity contribution < 1.29 is 14.1 Å². The topological polar surface area (TPSA) is 108 Å². The van der Waals surface area contributed by atoms with Crippen LogP contribution in [0.1, 0.15) is 5.56 Å². The van der Waals surface area contributed by atoms with Crippen molar-refractivity contribution >= 4 is 23.0 Å². The molecule has 0 aliphatic heterocycles. The lowest BCUT2D eigenvalue weighted by molar-refractivity contribution is -0.387. The third-order valence-corrected chi connectivity index (χ3v) is 2.87. The molecule has 2 aromatic carbocycles. The molecule has 2 N–H and O–H groups in total. The average molecular weight is 314 g/mol. The van der Waals surface area contributed by atoms with Gasteiger partial charge in [0.2, 0.25) is 11.7 Å². The molecular formula is C15H11FN4O3. The Morgan fingerprint density at radius 2 is 2.04 bits per heavy atom. The number of nitriles is 1. The molecule has 23 heavy (non-hydrogen) atoms. The van der Waals surface area contributed by atoms with Crippen LogP contribution in [0.15, 0.2) is 42.5 Å². The molecule has 116 valence electrons. The van der Waals surface area contributed by atoms with Gasteiger partial charge in [-0.05, 0) is 30.3 Å². The van der Waals surface area contributed by atoms with Gasteiger partial charge in [0.25, 0.3) is 0 Å². The van der Waals surface area contributed by atoms with Crippen molar-refractivity contribution in [3.63, 3.8) is 0 Å². The third kappa shape index (κ3) is 4.25. The number of benzene rings is 2. The lowest BCUT2D eigenvalue weighted by Gasteiger charge is -2.08. The van der Waals surface area contributed by atoms with Gasteiger partial charge in [0, 0.05) is 17.4 Å². The van der Waals surface area contributed by atoms with E-state index in [0.29, 0.717) is 11.3 Å². The van der Waals surface area contributed by atoms with Crippen LogP contribution in [0.4, 0.5) is 21.5 Å². The number of carbonyl (C=O) groups excluding carboxylic acids is 1. The number of nitrogens with one attached hydrogen (secondary N) is 2. The van der Waals surface area contributed by atoms with E-state index in [1.807, 2.05) is 6.07 Å². The molecule has 0 aromatic heterocycles. The van der Waals surface area contributed by atoms with Crippen LogP contribution in [-0.4, -0.2) is 17.4 Å². The molecule has 0 aliphatic carbocycles. The lowest BCUT2D eigenvalue weighted by Crippen LogP contribution is -2.21. The number of hydrogen-bond acceptors (Lipinski definition) is 5. The molecule has 7 nitrogen and oxygen atoms in total. The highest BCUT2D eigenvalue weighted by molar-refractivity contribution is 5.93. The minimum absolute atomic E-state index is 0.167. The molecular weight excluding hydrogens is 303 g/mol. The van der Waals surface area contributed by atoms with Gasteiger partial charge in [-0.15, -0.1) is 0 Å². The van der Waals surface area contributed by atoms with E-state index in [1.54, 1.807) is 18.2 Å². The Kier molecular flexibility index (Phi) is 4.84. The van der Waals surface area contributed by atoms with Crippen LogP contribution in [-0.2, 0) is 4.79 Å². The van der Waals surface area contributed by atoms with Crippen molar-refractivity contribution in [2.45, 2.75) is 0 Å². The van der Waals surface area contributed by atoms with Crippen molar-refractivity contribution in [2.24, 2.45) is 0 Å². The molecule has 8 heteroatoms. The molecule has 0 saturated carbocycles. The first-order chi connectivity index (χ1) is 11.0. The van der Waals surface area contributed by atoms with Gasteiger partial charge < -0.3 is 10.6 Å². The molecule has 0 atom stereocenters. The lowest BCUT2D eigenvalue weighted by atomic mass is 10.2. The maximum atomic E-state index is 13.2. The Bertz CT molecular complexity index is 802. The first-order valence-electron chi connectivity index (χ1n) is 6.47. The van der Waals surface area contributed by atoms with Gasteiger partial charge in [-0.25, -0.2) is 0 Å². The molecule has 0 fully saturated rings. The summed E-state index contributed by atoms with van der Waals surface area (Å²) in [6, 6.07) is 11.6. The molecule has 0 bridgehead atoms. The predicted molar refractivity (Wildman–Crippen MR) is 81.3 cm³/mol. The highest BCUT2D eigenvalue weighted by atomic mass is 19.1. The molecule has 0 radical (unpaired) electrons.